The first-order valence-electron chi connectivity index (χ1n) is 6.95. The molecule has 1 amide bonds. The molecule has 108 valence electrons. The molecule has 1 aliphatic rings. The number of fused-ring (bicyclic) bond motifs is 3. The Hall–Kier alpha value is -2.33. The van der Waals surface area contributed by atoms with E-state index in [4.69, 9.17) is 5.11 Å². The Balaban J connectivity index is 1.97. The zero-order valence-corrected chi connectivity index (χ0v) is 12.2. The highest BCUT2D eigenvalue weighted by atomic mass is 16.4. The summed E-state index contributed by atoms with van der Waals surface area (Å²) in [4.78, 5) is 11.1. The third-order valence-electron chi connectivity index (χ3n) is 4.20. The number of benzene rings is 2. The van der Waals surface area contributed by atoms with Crippen molar-refractivity contribution in [3.63, 3.8) is 0 Å². The number of carboxylic acid groups (broad SMARTS) is 1. The van der Waals surface area contributed by atoms with E-state index in [1.807, 2.05) is 24.3 Å². The summed E-state index contributed by atoms with van der Waals surface area (Å²) in [5, 5.41) is 12.1. The number of hydrogen-bond acceptors (Lipinski definition) is 2. The molecule has 4 nitrogen and oxygen atoms in total. The molecule has 4 heteroatoms. The molecule has 3 rings (SSSR count). The van der Waals surface area contributed by atoms with Crippen LogP contribution in [0.25, 0.3) is 11.1 Å². The summed E-state index contributed by atoms with van der Waals surface area (Å²) in [5.74, 6) is 0.198. The maximum Gasteiger partial charge on any atom is 0.421 e. The summed E-state index contributed by atoms with van der Waals surface area (Å²) in [6.07, 6.45) is -0.947. The number of hydrazine groups is 1. The number of hydrogen-bond donors (Lipinski definition) is 1. The minimum Gasteiger partial charge on any atom is -0.464 e. The van der Waals surface area contributed by atoms with Crippen molar-refractivity contribution < 1.29 is 9.90 Å². The number of nitrogens with zero attached hydrogens (tertiary/aromatic N) is 2. The molecule has 0 atom stereocenters. The topological polar surface area (TPSA) is 43.8 Å². The second-order valence-electron chi connectivity index (χ2n) is 5.37. The van der Waals surface area contributed by atoms with E-state index in [2.05, 4.69) is 24.3 Å². The van der Waals surface area contributed by atoms with E-state index in [-0.39, 0.29) is 5.92 Å². The normalized spacial score (nSPS) is 13.1. The van der Waals surface area contributed by atoms with Gasteiger partial charge in [0.1, 0.15) is 0 Å². The fourth-order valence-corrected chi connectivity index (χ4v) is 2.99. The summed E-state index contributed by atoms with van der Waals surface area (Å²) in [6.45, 7) is 0.636. The van der Waals surface area contributed by atoms with Gasteiger partial charge in [-0.25, -0.2) is 14.8 Å². The Kier molecular flexibility index (Phi) is 3.39. The van der Waals surface area contributed by atoms with Gasteiger partial charge in [-0.1, -0.05) is 48.5 Å². The smallest absolute Gasteiger partial charge is 0.421 e. The van der Waals surface area contributed by atoms with Crippen LogP contribution in [-0.2, 0) is 0 Å². The van der Waals surface area contributed by atoms with Crippen LogP contribution >= 0.6 is 0 Å². The van der Waals surface area contributed by atoms with Gasteiger partial charge in [-0.15, -0.1) is 0 Å². The van der Waals surface area contributed by atoms with Crippen LogP contribution in [0.15, 0.2) is 48.5 Å². The largest absolute Gasteiger partial charge is 0.464 e. The lowest BCUT2D eigenvalue weighted by atomic mass is 9.97. The van der Waals surface area contributed by atoms with E-state index in [9.17, 15) is 4.79 Å². The van der Waals surface area contributed by atoms with Crippen LogP contribution in [0.5, 0.6) is 0 Å². The minimum absolute atomic E-state index is 0.198. The molecule has 0 unspecified atom stereocenters. The highest BCUT2D eigenvalue weighted by Crippen LogP contribution is 2.44. The molecule has 0 aromatic heterocycles. The molecule has 2 aromatic rings. The van der Waals surface area contributed by atoms with Gasteiger partial charge in [0.05, 0.1) is 0 Å². The molecule has 0 heterocycles. The molecule has 1 N–H and O–H groups in total. The summed E-state index contributed by atoms with van der Waals surface area (Å²) in [6, 6.07) is 16.7. The van der Waals surface area contributed by atoms with E-state index < -0.39 is 6.09 Å². The van der Waals surface area contributed by atoms with Crippen molar-refractivity contribution >= 4 is 6.09 Å². The van der Waals surface area contributed by atoms with Crippen LogP contribution < -0.4 is 0 Å². The van der Waals surface area contributed by atoms with Crippen LogP contribution in [-0.4, -0.2) is 41.9 Å². The molecule has 0 fully saturated rings. The van der Waals surface area contributed by atoms with Gasteiger partial charge < -0.3 is 5.11 Å². The van der Waals surface area contributed by atoms with Crippen molar-refractivity contribution in [2.45, 2.75) is 5.92 Å². The van der Waals surface area contributed by atoms with Crippen LogP contribution in [0.4, 0.5) is 4.79 Å². The highest BCUT2D eigenvalue weighted by Gasteiger charge is 2.29. The van der Waals surface area contributed by atoms with E-state index in [1.165, 1.54) is 27.3 Å². The lowest BCUT2D eigenvalue weighted by molar-refractivity contribution is 0.0308. The third kappa shape index (κ3) is 2.28. The van der Waals surface area contributed by atoms with Crippen molar-refractivity contribution in [2.75, 3.05) is 20.6 Å². The van der Waals surface area contributed by atoms with Crippen LogP contribution in [0.1, 0.15) is 17.0 Å². The predicted octanol–water partition coefficient (Wildman–Crippen LogP) is 3.26. The Morgan fingerprint density at radius 1 is 1.00 bits per heavy atom. The molecule has 0 spiro atoms. The first-order chi connectivity index (χ1) is 10.1. The first kappa shape index (κ1) is 13.6. The zero-order valence-electron chi connectivity index (χ0n) is 12.2. The van der Waals surface area contributed by atoms with Crippen LogP contribution in [0.2, 0.25) is 0 Å². The SMILES string of the molecule is CN(CC1c2ccccc2-c2ccccc21)N(C)C(=O)O. The summed E-state index contributed by atoms with van der Waals surface area (Å²) >= 11 is 0. The summed E-state index contributed by atoms with van der Waals surface area (Å²) < 4.78 is 0. The maximum atomic E-state index is 11.1. The average Bonchev–Trinajstić information content (AvgIpc) is 2.81. The molecule has 0 aliphatic heterocycles. The van der Waals surface area contributed by atoms with Gasteiger partial charge >= 0.3 is 6.09 Å². The standard InChI is InChI=1S/C17H18N2O2/c1-18(19(2)17(20)21)11-16-14-9-5-3-7-12(14)13-8-4-6-10-15(13)16/h3-10,16H,11H2,1-2H3,(H,20,21). The van der Waals surface area contributed by atoms with Crippen LogP contribution in [0, 0.1) is 0 Å². The molecule has 2 aromatic carbocycles. The van der Waals surface area contributed by atoms with Crippen LogP contribution in [0.3, 0.4) is 0 Å². The Labute approximate surface area is 124 Å². The summed E-state index contributed by atoms with van der Waals surface area (Å²) in [5.41, 5.74) is 5.04. The Bertz CT molecular complexity index is 638. The fraction of sp³-hybridized carbons (Fsp3) is 0.235. The van der Waals surface area contributed by atoms with E-state index in [1.54, 1.807) is 19.1 Å². The van der Waals surface area contributed by atoms with Gasteiger partial charge in [0, 0.05) is 26.6 Å². The van der Waals surface area contributed by atoms with Crippen molar-refractivity contribution in [3.8, 4) is 11.1 Å². The number of carbonyl (C=O) groups is 1. The van der Waals surface area contributed by atoms with E-state index in [0.29, 0.717) is 6.54 Å². The summed E-state index contributed by atoms with van der Waals surface area (Å²) in [7, 11) is 3.37. The lowest BCUT2D eigenvalue weighted by Crippen LogP contribution is -2.42. The number of likely N-dealkylation sites (N-methyl/N-ethyl adjacent to an activating group) is 1. The Morgan fingerprint density at radius 3 is 1.95 bits per heavy atom. The second-order valence-corrected chi connectivity index (χ2v) is 5.37. The molecule has 0 bridgehead atoms. The van der Waals surface area contributed by atoms with Gasteiger partial charge in [0.25, 0.3) is 0 Å². The maximum absolute atomic E-state index is 11.1. The monoisotopic (exact) mass is 282 g/mol. The lowest BCUT2D eigenvalue weighted by Gasteiger charge is -2.28. The third-order valence-corrected chi connectivity index (χ3v) is 4.20. The van der Waals surface area contributed by atoms with Gasteiger partial charge in [0.15, 0.2) is 0 Å². The van der Waals surface area contributed by atoms with Gasteiger partial charge in [-0.2, -0.15) is 0 Å². The van der Waals surface area contributed by atoms with Gasteiger partial charge in [0.2, 0.25) is 0 Å². The average molecular weight is 282 g/mol. The quantitative estimate of drug-likeness (QED) is 0.879. The highest BCUT2D eigenvalue weighted by molar-refractivity contribution is 5.78. The molecule has 21 heavy (non-hydrogen) atoms. The van der Waals surface area contributed by atoms with E-state index in [0.717, 1.165) is 0 Å². The molecule has 1 aliphatic carbocycles. The minimum atomic E-state index is -0.947. The van der Waals surface area contributed by atoms with Gasteiger partial charge in [-0.05, 0) is 22.3 Å². The van der Waals surface area contributed by atoms with Crippen molar-refractivity contribution in [2.24, 2.45) is 0 Å². The number of rotatable bonds is 3. The second kappa shape index (κ2) is 5.22. The molecule has 0 saturated carbocycles. The fourth-order valence-electron chi connectivity index (χ4n) is 2.99. The Morgan fingerprint density at radius 2 is 1.48 bits per heavy atom. The zero-order chi connectivity index (χ0) is 15.0. The van der Waals surface area contributed by atoms with Gasteiger partial charge in [-0.3, -0.25) is 0 Å². The van der Waals surface area contributed by atoms with Crippen molar-refractivity contribution in [3.05, 3.63) is 59.7 Å². The predicted molar refractivity (Wildman–Crippen MR) is 82.1 cm³/mol. The van der Waals surface area contributed by atoms with Crippen molar-refractivity contribution in [1.29, 1.82) is 0 Å². The molecule has 0 radical (unpaired) electrons. The molecular weight excluding hydrogens is 264 g/mol. The van der Waals surface area contributed by atoms with Crippen molar-refractivity contribution in [1.82, 2.24) is 10.0 Å². The molecule has 0 saturated heterocycles. The number of amides is 1. The molecular formula is C17H18N2O2. The van der Waals surface area contributed by atoms with E-state index >= 15 is 0 Å². The first-order valence-corrected chi connectivity index (χ1v) is 6.95.